The van der Waals surface area contributed by atoms with Crippen molar-refractivity contribution in [1.29, 1.82) is 0 Å². The lowest BCUT2D eigenvalue weighted by molar-refractivity contribution is 0.478. The van der Waals surface area contributed by atoms with Crippen molar-refractivity contribution in [2.45, 2.75) is 33.1 Å². The quantitative estimate of drug-likeness (QED) is 0.704. The predicted octanol–water partition coefficient (Wildman–Crippen LogP) is 5.30. The summed E-state index contributed by atoms with van der Waals surface area (Å²) < 4.78 is 5.88. The summed E-state index contributed by atoms with van der Waals surface area (Å²) in [7, 11) is 0. The maximum absolute atomic E-state index is 5.88. The fraction of sp³-hybridized carbons (Fsp3) is 0.294. The Hall–Kier alpha value is -1.76. The highest BCUT2D eigenvalue weighted by atomic mass is 16.5. The van der Waals surface area contributed by atoms with Gasteiger partial charge in [0.25, 0.3) is 0 Å². The average Bonchev–Trinajstić information content (AvgIpc) is 2.41. The number of rotatable bonds is 4. The van der Waals surface area contributed by atoms with E-state index in [1.54, 1.807) is 0 Å². The molecule has 0 saturated carbocycles. The van der Waals surface area contributed by atoms with Crippen LogP contribution >= 0.6 is 0 Å². The first-order valence-electron chi connectivity index (χ1n) is 6.54. The highest BCUT2D eigenvalue weighted by molar-refractivity contribution is 5.38. The fourth-order valence-electron chi connectivity index (χ4n) is 1.90. The van der Waals surface area contributed by atoms with Crippen LogP contribution in [-0.4, -0.2) is 0 Å². The zero-order valence-electron chi connectivity index (χ0n) is 11.3. The normalized spacial score (nSPS) is 12.2. The molecular formula is C17H20O. The Kier molecular flexibility index (Phi) is 4.03. The van der Waals surface area contributed by atoms with Gasteiger partial charge >= 0.3 is 0 Å². The third-order valence-corrected chi connectivity index (χ3v) is 3.38. The minimum atomic E-state index is 0.609. The van der Waals surface area contributed by atoms with Crippen LogP contribution in [0.2, 0.25) is 0 Å². The fourth-order valence-corrected chi connectivity index (χ4v) is 1.90. The standard InChI is InChI=1S/C17H20O/c1-4-13(2)15-9-11-16(12-10-15)18-17-8-6-5-7-14(17)3/h5-13H,4H2,1-3H3. The van der Waals surface area contributed by atoms with E-state index in [0.29, 0.717) is 5.92 Å². The van der Waals surface area contributed by atoms with Crippen LogP contribution in [0.4, 0.5) is 0 Å². The Morgan fingerprint density at radius 3 is 2.28 bits per heavy atom. The molecule has 0 aliphatic carbocycles. The molecule has 0 aliphatic heterocycles. The second-order valence-corrected chi connectivity index (χ2v) is 4.75. The number of ether oxygens (including phenoxy) is 1. The number of benzene rings is 2. The van der Waals surface area contributed by atoms with E-state index in [4.69, 9.17) is 4.74 Å². The lowest BCUT2D eigenvalue weighted by Gasteiger charge is -2.11. The molecule has 18 heavy (non-hydrogen) atoms. The maximum atomic E-state index is 5.88. The average molecular weight is 240 g/mol. The lowest BCUT2D eigenvalue weighted by Crippen LogP contribution is -1.92. The Bertz CT molecular complexity index is 499. The number of para-hydroxylation sites is 1. The van der Waals surface area contributed by atoms with Gasteiger partial charge in [0, 0.05) is 0 Å². The van der Waals surface area contributed by atoms with Gasteiger partial charge in [-0.2, -0.15) is 0 Å². The molecule has 0 aliphatic rings. The maximum Gasteiger partial charge on any atom is 0.130 e. The van der Waals surface area contributed by atoms with E-state index in [1.807, 2.05) is 30.3 Å². The van der Waals surface area contributed by atoms with E-state index in [1.165, 1.54) is 5.56 Å². The van der Waals surface area contributed by atoms with Crippen LogP contribution < -0.4 is 4.74 Å². The van der Waals surface area contributed by atoms with E-state index in [2.05, 4.69) is 39.0 Å². The monoisotopic (exact) mass is 240 g/mol. The van der Waals surface area contributed by atoms with Gasteiger partial charge in [-0.05, 0) is 48.6 Å². The van der Waals surface area contributed by atoms with Gasteiger partial charge < -0.3 is 4.74 Å². The second-order valence-electron chi connectivity index (χ2n) is 4.75. The summed E-state index contributed by atoms with van der Waals surface area (Å²) in [5.74, 6) is 2.43. The summed E-state index contributed by atoms with van der Waals surface area (Å²) in [6, 6.07) is 16.5. The van der Waals surface area contributed by atoms with Crippen LogP contribution in [0.5, 0.6) is 11.5 Å². The number of hydrogen-bond donors (Lipinski definition) is 0. The molecule has 2 aromatic rings. The first-order valence-corrected chi connectivity index (χ1v) is 6.54. The van der Waals surface area contributed by atoms with E-state index >= 15 is 0 Å². The second kappa shape index (κ2) is 5.72. The summed E-state index contributed by atoms with van der Waals surface area (Å²) in [6.07, 6.45) is 1.16. The molecule has 1 nitrogen and oxygen atoms in total. The van der Waals surface area contributed by atoms with Crippen LogP contribution in [0.3, 0.4) is 0 Å². The Morgan fingerprint density at radius 1 is 1.00 bits per heavy atom. The van der Waals surface area contributed by atoms with E-state index in [0.717, 1.165) is 23.5 Å². The highest BCUT2D eigenvalue weighted by Gasteiger charge is 2.04. The van der Waals surface area contributed by atoms with Crippen molar-refractivity contribution in [3.8, 4) is 11.5 Å². The summed E-state index contributed by atoms with van der Waals surface area (Å²) in [5, 5.41) is 0. The van der Waals surface area contributed by atoms with Crippen LogP contribution in [-0.2, 0) is 0 Å². The third kappa shape index (κ3) is 2.92. The minimum absolute atomic E-state index is 0.609. The summed E-state index contributed by atoms with van der Waals surface area (Å²) in [4.78, 5) is 0. The van der Waals surface area contributed by atoms with Crippen LogP contribution in [0.25, 0.3) is 0 Å². The molecular weight excluding hydrogens is 220 g/mol. The van der Waals surface area contributed by atoms with Gasteiger partial charge in [-0.25, -0.2) is 0 Å². The lowest BCUT2D eigenvalue weighted by atomic mass is 9.99. The summed E-state index contributed by atoms with van der Waals surface area (Å²) >= 11 is 0. The van der Waals surface area contributed by atoms with E-state index in [-0.39, 0.29) is 0 Å². The highest BCUT2D eigenvalue weighted by Crippen LogP contribution is 2.26. The van der Waals surface area contributed by atoms with Gasteiger partial charge in [-0.3, -0.25) is 0 Å². The zero-order chi connectivity index (χ0) is 13.0. The molecule has 2 aromatic carbocycles. The van der Waals surface area contributed by atoms with Crippen LogP contribution in [0.1, 0.15) is 37.3 Å². The SMILES string of the molecule is CCC(C)c1ccc(Oc2ccccc2C)cc1. The predicted molar refractivity (Wildman–Crippen MR) is 76.4 cm³/mol. The number of aryl methyl sites for hydroxylation is 1. The van der Waals surface area contributed by atoms with Crippen molar-refractivity contribution in [1.82, 2.24) is 0 Å². The van der Waals surface area contributed by atoms with Crippen molar-refractivity contribution in [3.63, 3.8) is 0 Å². The molecule has 1 heteroatoms. The van der Waals surface area contributed by atoms with Gasteiger partial charge in [0.1, 0.15) is 11.5 Å². The Balaban J connectivity index is 2.14. The molecule has 0 amide bonds. The minimum Gasteiger partial charge on any atom is -0.457 e. The van der Waals surface area contributed by atoms with E-state index < -0.39 is 0 Å². The summed E-state index contributed by atoms with van der Waals surface area (Å²) in [5.41, 5.74) is 2.53. The van der Waals surface area contributed by atoms with Gasteiger partial charge in [0.2, 0.25) is 0 Å². The molecule has 2 rings (SSSR count). The van der Waals surface area contributed by atoms with Gasteiger partial charge in [-0.15, -0.1) is 0 Å². The Morgan fingerprint density at radius 2 is 1.67 bits per heavy atom. The molecule has 0 radical (unpaired) electrons. The van der Waals surface area contributed by atoms with Crippen LogP contribution in [0, 0.1) is 6.92 Å². The molecule has 1 atom stereocenters. The molecule has 1 unspecified atom stereocenters. The van der Waals surface area contributed by atoms with Crippen LogP contribution in [0.15, 0.2) is 48.5 Å². The summed E-state index contributed by atoms with van der Waals surface area (Å²) in [6.45, 7) is 6.52. The van der Waals surface area contributed by atoms with Crippen molar-refractivity contribution in [3.05, 3.63) is 59.7 Å². The first kappa shape index (κ1) is 12.7. The van der Waals surface area contributed by atoms with Gasteiger partial charge in [0.05, 0.1) is 0 Å². The first-order chi connectivity index (χ1) is 8.70. The Labute approximate surface area is 109 Å². The molecule has 0 bridgehead atoms. The van der Waals surface area contributed by atoms with Gasteiger partial charge in [0.15, 0.2) is 0 Å². The largest absolute Gasteiger partial charge is 0.457 e. The molecule has 0 fully saturated rings. The van der Waals surface area contributed by atoms with Crippen molar-refractivity contribution in [2.24, 2.45) is 0 Å². The molecule has 0 N–H and O–H groups in total. The van der Waals surface area contributed by atoms with Gasteiger partial charge in [-0.1, -0.05) is 44.2 Å². The zero-order valence-corrected chi connectivity index (χ0v) is 11.3. The van der Waals surface area contributed by atoms with E-state index in [9.17, 15) is 0 Å². The smallest absolute Gasteiger partial charge is 0.130 e. The van der Waals surface area contributed by atoms with Crippen molar-refractivity contribution in [2.75, 3.05) is 0 Å². The van der Waals surface area contributed by atoms with Crippen molar-refractivity contribution >= 4 is 0 Å². The topological polar surface area (TPSA) is 9.23 Å². The molecule has 0 saturated heterocycles. The molecule has 0 spiro atoms. The molecule has 0 heterocycles. The third-order valence-electron chi connectivity index (χ3n) is 3.38. The number of hydrogen-bond acceptors (Lipinski definition) is 1. The molecule has 94 valence electrons. The molecule has 0 aromatic heterocycles. The van der Waals surface area contributed by atoms with Crippen molar-refractivity contribution < 1.29 is 4.74 Å².